The van der Waals surface area contributed by atoms with Gasteiger partial charge in [-0.25, -0.2) is 8.42 Å². The van der Waals surface area contributed by atoms with Crippen LogP contribution < -0.4 is 14.4 Å². The van der Waals surface area contributed by atoms with Crippen LogP contribution in [0.2, 0.25) is 0 Å². The molecule has 0 atom stereocenters. The summed E-state index contributed by atoms with van der Waals surface area (Å²) in [4.78, 5) is 12.5. The van der Waals surface area contributed by atoms with Gasteiger partial charge in [0.1, 0.15) is 12.3 Å². The third-order valence-electron chi connectivity index (χ3n) is 5.09. The molecule has 0 bridgehead atoms. The smallest absolute Gasteiger partial charge is 0.240 e. The number of amides is 1. The van der Waals surface area contributed by atoms with E-state index in [4.69, 9.17) is 4.74 Å². The van der Waals surface area contributed by atoms with Crippen molar-refractivity contribution in [2.75, 3.05) is 30.3 Å². The highest BCUT2D eigenvalue weighted by Crippen LogP contribution is 2.26. The molecule has 0 radical (unpaired) electrons. The zero-order valence-corrected chi connectivity index (χ0v) is 20.7. The number of carbonyl (C=O) groups is 1. The lowest BCUT2D eigenvalue weighted by molar-refractivity contribution is -0.119. The van der Waals surface area contributed by atoms with Gasteiger partial charge in [0.2, 0.25) is 15.9 Å². The number of hydrogen-bond acceptors (Lipinski definition) is 4. The number of aryl methyl sites for hydroxylation is 1. The summed E-state index contributed by atoms with van der Waals surface area (Å²) in [5.41, 5.74) is 2.65. The number of para-hydroxylation sites is 1. The lowest BCUT2D eigenvalue weighted by atomic mass is 9.87. The monoisotopic (exact) mass is 460 g/mol. The maximum absolute atomic E-state index is 12.5. The molecule has 0 aliphatic carbocycles. The second-order valence-electron chi connectivity index (χ2n) is 8.98. The number of nitrogens with zero attached hydrogens (tertiary/aromatic N) is 1. The van der Waals surface area contributed by atoms with Crippen molar-refractivity contribution in [1.29, 1.82) is 0 Å². The van der Waals surface area contributed by atoms with Crippen molar-refractivity contribution in [3.05, 3.63) is 59.7 Å². The number of ether oxygens (including phenoxy) is 1. The van der Waals surface area contributed by atoms with E-state index in [-0.39, 0.29) is 17.9 Å². The Morgan fingerprint density at radius 3 is 2.31 bits per heavy atom. The van der Waals surface area contributed by atoms with Gasteiger partial charge in [0, 0.05) is 6.54 Å². The number of rotatable bonds is 11. The zero-order valence-electron chi connectivity index (χ0n) is 19.8. The SMILES string of the molecule is CCCOc1ccccc1CCCNC(=O)CN(c1ccc(C(C)(C)C)cc1)S(C)(=O)=O. The van der Waals surface area contributed by atoms with Gasteiger partial charge in [-0.1, -0.05) is 58.0 Å². The number of hydrogen-bond donors (Lipinski definition) is 1. The predicted octanol–water partition coefficient (Wildman–Crippen LogP) is 4.29. The van der Waals surface area contributed by atoms with E-state index in [1.807, 2.05) is 36.4 Å². The molecule has 0 heterocycles. The Labute approximate surface area is 193 Å². The largest absolute Gasteiger partial charge is 0.493 e. The van der Waals surface area contributed by atoms with E-state index < -0.39 is 10.0 Å². The summed E-state index contributed by atoms with van der Waals surface area (Å²) in [5.74, 6) is 0.550. The van der Waals surface area contributed by atoms with Crippen LogP contribution in [0, 0.1) is 0 Å². The van der Waals surface area contributed by atoms with E-state index in [0.29, 0.717) is 18.8 Å². The van der Waals surface area contributed by atoms with E-state index in [9.17, 15) is 13.2 Å². The molecule has 7 heteroatoms. The highest BCUT2D eigenvalue weighted by molar-refractivity contribution is 7.92. The van der Waals surface area contributed by atoms with E-state index in [0.717, 1.165) is 46.7 Å². The number of benzene rings is 2. The molecule has 2 aromatic rings. The molecule has 0 aliphatic rings. The van der Waals surface area contributed by atoms with Gasteiger partial charge >= 0.3 is 0 Å². The summed E-state index contributed by atoms with van der Waals surface area (Å²) < 4.78 is 31.6. The number of sulfonamides is 1. The molecule has 0 saturated carbocycles. The standard InChI is InChI=1S/C25H36N2O4S/c1-6-18-31-23-12-8-7-10-20(23)11-9-17-26-24(28)19-27(32(5,29)30)22-15-13-21(14-16-22)25(2,3)4/h7-8,10,12-16H,6,9,11,17-19H2,1-5H3,(H,26,28). The molecule has 6 nitrogen and oxygen atoms in total. The Bertz CT molecular complexity index is 980. The fraction of sp³-hybridized carbons (Fsp3) is 0.480. The molecule has 0 saturated heterocycles. The Morgan fingerprint density at radius 2 is 1.72 bits per heavy atom. The Morgan fingerprint density at radius 1 is 1.06 bits per heavy atom. The highest BCUT2D eigenvalue weighted by atomic mass is 32.2. The Hall–Kier alpha value is -2.54. The Kier molecular flexibility index (Phi) is 9.13. The first-order valence-electron chi connectivity index (χ1n) is 11.1. The van der Waals surface area contributed by atoms with Crippen LogP contribution in [-0.4, -0.2) is 40.3 Å². The fourth-order valence-corrected chi connectivity index (χ4v) is 4.14. The molecule has 0 spiro atoms. The van der Waals surface area contributed by atoms with Crippen molar-refractivity contribution in [3.63, 3.8) is 0 Å². The van der Waals surface area contributed by atoms with Crippen molar-refractivity contribution in [2.24, 2.45) is 0 Å². The summed E-state index contributed by atoms with van der Waals surface area (Å²) in [7, 11) is -3.59. The summed E-state index contributed by atoms with van der Waals surface area (Å²) >= 11 is 0. The van der Waals surface area contributed by atoms with Crippen molar-refractivity contribution >= 4 is 21.6 Å². The maximum Gasteiger partial charge on any atom is 0.240 e. The van der Waals surface area contributed by atoms with Crippen molar-refractivity contribution in [2.45, 2.75) is 52.4 Å². The van der Waals surface area contributed by atoms with Crippen molar-refractivity contribution in [3.8, 4) is 5.75 Å². The van der Waals surface area contributed by atoms with Gasteiger partial charge in [-0.3, -0.25) is 9.10 Å². The summed E-state index contributed by atoms with van der Waals surface area (Å²) in [5, 5.41) is 2.84. The average Bonchev–Trinajstić information content (AvgIpc) is 2.73. The van der Waals surface area contributed by atoms with Crippen LogP contribution in [0.1, 0.15) is 51.7 Å². The van der Waals surface area contributed by atoms with E-state index >= 15 is 0 Å². The van der Waals surface area contributed by atoms with Crippen LogP contribution in [0.4, 0.5) is 5.69 Å². The number of nitrogens with one attached hydrogen (secondary N) is 1. The van der Waals surface area contributed by atoms with Crippen LogP contribution in [0.5, 0.6) is 5.75 Å². The molecule has 176 valence electrons. The first kappa shape index (κ1) is 25.7. The molecule has 2 aromatic carbocycles. The van der Waals surface area contributed by atoms with Gasteiger partial charge in [0.15, 0.2) is 0 Å². The van der Waals surface area contributed by atoms with Gasteiger partial charge in [0.05, 0.1) is 18.6 Å². The van der Waals surface area contributed by atoms with Crippen LogP contribution >= 0.6 is 0 Å². The van der Waals surface area contributed by atoms with Gasteiger partial charge in [-0.05, 0) is 54.0 Å². The van der Waals surface area contributed by atoms with Gasteiger partial charge < -0.3 is 10.1 Å². The lowest BCUT2D eigenvalue weighted by Gasteiger charge is -2.24. The second kappa shape index (κ2) is 11.4. The molecule has 1 N–H and O–H groups in total. The molecule has 0 aliphatic heterocycles. The average molecular weight is 461 g/mol. The topological polar surface area (TPSA) is 75.7 Å². The third-order valence-corrected chi connectivity index (χ3v) is 6.23. The van der Waals surface area contributed by atoms with Crippen LogP contribution in [0.25, 0.3) is 0 Å². The first-order chi connectivity index (χ1) is 15.0. The zero-order chi connectivity index (χ0) is 23.8. The van der Waals surface area contributed by atoms with Gasteiger partial charge in [0.25, 0.3) is 0 Å². The molecule has 0 aromatic heterocycles. The highest BCUT2D eigenvalue weighted by Gasteiger charge is 2.22. The predicted molar refractivity (Wildman–Crippen MR) is 131 cm³/mol. The molecule has 2 rings (SSSR count). The molecule has 0 fully saturated rings. The van der Waals surface area contributed by atoms with Crippen LogP contribution in [0.15, 0.2) is 48.5 Å². The third kappa shape index (κ3) is 7.86. The molecule has 0 unspecified atom stereocenters. The first-order valence-corrected chi connectivity index (χ1v) is 12.9. The normalized spacial score (nSPS) is 11.8. The van der Waals surface area contributed by atoms with E-state index in [2.05, 4.69) is 33.0 Å². The lowest BCUT2D eigenvalue weighted by Crippen LogP contribution is -2.40. The Balaban J connectivity index is 1.93. The maximum atomic E-state index is 12.5. The fourth-order valence-electron chi connectivity index (χ4n) is 3.28. The summed E-state index contributed by atoms with van der Waals surface area (Å²) in [6.45, 7) is 9.24. The summed E-state index contributed by atoms with van der Waals surface area (Å²) in [6.07, 6.45) is 3.56. The van der Waals surface area contributed by atoms with Crippen LogP contribution in [-0.2, 0) is 26.7 Å². The van der Waals surface area contributed by atoms with E-state index in [1.165, 1.54) is 0 Å². The van der Waals surface area contributed by atoms with Crippen LogP contribution in [0.3, 0.4) is 0 Å². The minimum atomic E-state index is -3.59. The number of anilines is 1. The molecular weight excluding hydrogens is 424 g/mol. The van der Waals surface area contributed by atoms with Crippen molar-refractivity contribution < 1.29 is 17.9 Å². The second-order valence-corrected chi connectivity index (χ2v) is 10.9. The minimum Gasteiger partial charge on any atom is -0.493 e. The van der Waals surface area contributed by atoms with Gasteiger partial charge in [-0.2, -0.15) is 0 Å². The quantitative estimate of drug-likeness (QED) is 0.508. The molecule has 32 heavy (non-hydrogen) atoms. The number of carbonyl (C=O) groups excluding carboxylic acids is 1. The van der Waals surface area contributed by atoms with Crippen molar-refractivity contribution in [1.82, 2.24) is 5.32 Å². The minimum absolute atomic E-state index is 0.0357. The van der Waals surface area contributed by atoms with Gasteiger partial charge in [-0.15, -0.1) is 0 Å². The van der Waals surface area contributed by atoms with E-state index in [1.54, 1.807) is 12.1 Å². The summed E-state index contributed by atoms with van der Waals surface area (Å²) in [6, 6.07) is 15.2. The molecule has 1 amide bonds. The molecular formula is C25H36N2O4S.